The molecule has 0 radical (unpaired) electrons. The van der Waals surface area contributed by atoms with Crippen LogP contribution in [0.2, 0.25) is 0 Å². The minimum absolute atomic E-state index is 0.648. The molecule has 9 heavy (non-hydrogen) atoms. The Morgan fingerprint density at radius 3 is 2.22 bits per heavy atom. The number of rotatable bonds is 0. The highest BCUT2D eigenvalue weighted by Gasteiger charge is 1.74. The van der Waals surface area contributed by atoms with Gasteiger partial charge in [-0.2, -0.15) is 10.2 Å². The van der Waals surface area contributed by atoms with Gasteiger partial charge in [0.1, 0.15) is 0 Å². The first-order valence-corrected chi connectivity index (χ1v) is 2.92. The molecule has 1 heterocycles. The van der Waals surface area contributed by atoms with E-state index in [2.05, 4.69) is 10.2 Å². The van der Waals surface area contributed by atoms with Crippen LogP contribution in [0.4, 0.5) is 5.69 Å². The highest BCUT2D eigenvalue weighted by atomic mass is 15.1. The van der Waals surface area contributed by atoms with Crippen molar-refractivity contribution in [2.24, 2.45) is 0 Å². The second-order valence-corrected chi connectivity index (χ2v) is 1.18. The molecule has 0 atom stereocenters. The van der Waals surface area contributed by atoms with Gasteiger partial charge in [0.25, 0.3) is 0 Å². The lowest BCUT2D eigenvalue weighted by Gasteiger charge is -1.82. The Morgan fingerprint density at radius 1 is 1.33 bits per heavy atom. The van der Waals surface area contributed by atoms with Crippen LogP contribution in [0.5, 0.6) is 0 Å². The topological polar surface area (TPSA) is 51.8 Å². The van der Waals surface area contributed by atoms with Gasteiger partial charge in [-0.05, 0) is 6.07 Å². The van der Waals surface area contributed by atoms with E-state index in [-0.39, 0.29) is 0 Å². The second kappa shape index (κ2) is 5.03. The van der Waals surface area contributed by atoms with Crippen molar-refractivity contribution >= 4 is 5.69 Å². The molecule has 1 aromatic rings. The molecule has 3 nitrogen and oxygen atoms in total. The van der Waals surface area contributed by atoms with E-state index in [0.29, 0.717) is 5.69 Å². The number of hydrogen-bond donors (Lipinski definition) is 1. The van der Waals surface area contributed by atoms with Gasteiger partial charge in [0, 0.05) is 0 Å². The highest BCUT2D eigenvalue weighted by molar-refractivity contribution is 5.30. The molecule has 50 valence electrons. The van der Waals surface area contributed by atoms with Crippen molar-refractivity contribution in [3.8, 4) is 0 Å². The van der Waals surface area contributed by atoms with Crippen LogP contribution in [0.25, 0.3) is 0 Å². The number of nitrogens with two attached hydrogens (primary N) is 1. The second-order valence-electron chi connectivity index (χ2n) is 1.18. The maximum absolute atomic E-state index is 5.26. The molecule has 0 saturated heterocycles. The average molecular weight is 125 g/mol. The van der Waals surface area contributed by atoms with E-state index < -0.39 is 0 Å². The Kier molecular flexibility index (Phi) is 4.40. The lowest BCUT2D eigenvalue weighted by atomic mass is 10.5. The standard InChI is InChI=1S/C4H5N3.C2H6/c5-4-1-2-6-7-3-4;1-2/h1-3H,(H2,5,6);1-2H3. The van der Waals surface area contributed by atoms with E-state index in [4.69, 9.17) is 5.73 Å². The monoisotopic (exact) mass is 125 g/mol. The van der Waals surface area contributed by atoms with E-state index in [1.165, 1.54) is 6.20 Å². The summed E-state index contributed by atoms with van der Waals surface area (Å²) in [5.41, 5.74) is 5.90. The van der Waals surface area contributed by atoms with Crippen LogP contribution in [0.1, 0.15) is 13.8 Å². The first kappa shape index (κ1) is 7.88. The molecule has 0 unspecified atom stereocenters. The Labute approximate surface area is 54.9 Å². The molecule has 2 N–H and O–H groups in total. The van der Waals surface area contributed by atoms with E-state index in [0.717, 1.165) is 0 Å². The first-order valence-electron chi connectivity index (χ1n) is 2.92. The number of hydrogen-bond acceptors (Lipinski definition) is 3. The van der Waals surface area contributed by atoms with Crippen molar-refractivity contribution in [3.63, 3.8) is 0 Å². The van der Waals surface area contributed by atoms with Crippen molar-refractivity contribution in [1.29, 1.82) is 0 Å². The van der Waals surface area contributed by atoms with Crippen LogP contribution in [0, 0.1) is 0 Å². The van der Waals surface area contributed by atoms with Gasteiger partial charge < -0.3 is 5.73 Å². The zero-order valence-corrected chi connectivity index (χ0v) is 5.70. The van der Waals surface area contributed by atoms with Crippen LogP contribution >= 0.6 is 0 Å². The largest absolute Gasteiger partial charge is 0.397 e. The van der Waals surface area contributed by atoms with Gasteiger partial charge >= 0.3 is 0 Å². The molecule has 0 bridgehead atoms. The summed E-state index contributed by atoms with van der Waals surface area (Å²) in [6.07, 6.45) is 3.05. The summed E-state index contributed by atoms with van der Waals surface area (Å²) < 4.78 is 0. The number of anilines is 1. The smallest absolute Gasteiger partial charge is 0.0725 e. The molecule has 0 aliphatic rings. The summed E-state index contributed by atoms with van der Waals surface area (Å²) in [5, 5.41) is 7.02. The molecule has 3 heteroatoms. The van der Waals surface area contributed by atoms with Gasteiger partial charge in [0.05, 0.1) is 18.1 Å². The van der Waals surface area contributed by atoms with Gasteiger partial charge in [0.2, 0.25) is 0 Å². The molecule has 1 aromatic heterocycles. The molecule has 0 amide bonds. The maximum atomic E-state index is 5.26. The Balaban J connectivity index is 0.000000291. The summed E-state index contributed by atoms with van der Waals surface area (Å²) in [5.74, 6) is 0. The van der Waals surface area contributed by atoms with E-state index in [1.54, 1.807) is 12.3 Å². The summed E-state index contributed by atoms with van der Waals surface area (Å²) in [7, 11) is 0. The summed E-state index contributed by atoms with van der Waals surface area (Å²) in [6.45, 7) is 4.00. The third-order valence-corrected chi connectivity index (χ3v) is 0.607. The average Bonchev–Trinajstić information content (AvgIpc) is 1.94. The normalized spacial score (nSPS) is 7.33. The van der Waals surface area contributed by atoms with Crippen molar-refractivity contribution in [3.05, 3.63) is 18.5 Å². The van der Waals surface area contributed by atoms with Crippen LogP contribution < -0.4 is 5.73 Å². The summed E-state index contributed by atoms with van der Waals surface area (Å²) >= 11 is 0. The van der Waals surface area contributed by atoms with Crippen molar-refractivity contribution < 1.29 is 0 Å². The number of nitrogen functional groups attached to an aromatic ring is 1. The summed E-state index contributed by atoms with van der Waals surface area (Å²) in [4.78, 5) is 0. The van der Waals surface area contributed by atoms with Crippen LogP contribution in [-0.2, 0) is 0 Å². The quantitative estimate of drug-likeness (QED) is 0.564. The van der Waals surface area contributed by atoms with Crippen molar-refractivity contribution in [2.75, 3.05) is 5.73 Å². The van der Waals surface area contributed by atoms with E-state index in [9.17, 15) is 0 Å². The maximum Gasteiger partial charge on any atom is 0.0725 e. The molecular weight excluding hydrogens is 114 g/mol. The van der Waals surface area contributed by atoms with Gasteiger partial charge in [0.15, 0.2) is 0 Å². The third-order valence-electron chi connectivity index (χ3n) is 0.607. The number of aromatic nitrogens is 2. The van der Waals surface area contributed by atoms with Crippen molar-refractivity contribution in [1.82, 2.24) is 10.2 Å². The highest BCUT2D eigenvalue weighted by Crippen LogP contribution is 1.89. The van der Waals surface area contributed by atoms with Crippen LogP contribution in [0.15, 0.2) is 18.5 Å². The lowest BCUT2D eigenvalue weighted by Crippen LogP contribution is -1.85. The molecule has 0 aromatic carbocycles. The van der Waals surface area contributed by atoms with Crippen molar-refractivity contribution in [2.45, 2.75) is 13.8 Å². The molecule has 0 saturated carbocycles. The van der Waals surface area contributed by atoms with Crippen LogP contribution in [-0.4, -0.2) is 10.2 Å². The molecule has 0 aliphatic heterocycles. The summed E-state index contributed by atoms with van der Waals surface area (Å²) in [6, 6.07) is 1.69. The number of nitrogens with zero attached hydrogens (tertiary/aromatic N) is 2. The predicted octanol–water partition coefficient (Wildman–Crippen LogP) is 1.08. The Hall–Kier alpha value is -1.12. The lowest BCUT2D eigenvalue weighted by molar-refractivity contribution is 1.03. The zero-order chi connectivity index (χ0) is 7.11. The molecular formula is C6H11N3. The molecule has 0 aliphatic carbocycles. The minimum atomic E-state index is 0.648. The van der Waals surface area contributed by atoms with Gasteiger partial charge in [-0.1, -0.05) is 13.8 Å². The Morgan fingerprint density at radius 2 is 2.00 bits per heavy atom. The fourth-order valence-electron chi connectivity index (χ4n) is 0.301. The molecule has 0 fully saturated rings. The van der Waals surface area contributed by atoms with Gasteiger partial charge in [-0.25, -0.2) is 0 Å². The Bertz CT molecular complexity index is 138. The third kappa shape index (κ3) is 3.46. The molecule has 0 spiro atoms. The van der Waals surface area contributed by atoms with E-state index in [1.807, 2.05) is 13.8 Å². The fraction of sp³-hybridized carbons (Fsp3) is 0.333. The predicted molar refractivity (Wildman–Crippen MR) is 37.8 cm³/mol. The molecule has 1 rings (SSSR count). The first-order chi connectivity index (χ1) is 4.39. The van der Waals surface area contributed by atoms with Gasteiger partial charge in [-0.15, -0.1) is 0 Å². The van der Waals surface area contributed by atoms with Gasteiger partial charge in [-0.3, -0.25) is 0 Å². The fourth-order valence-corrected chi connectivity index (χ4v) is 0.301. The SMILES string of the molecule is CC.Nc1ccnnc1. The van der Waals surface area contributed by atoms with Crippen LogP contribution in [0.3, 0.4) is 0 Å². The minimum Gasteiger partial charge on any atom is -0.397 e. The van der Waals surface area contributed by atoms with E-state index >= 15 is 0 Å². The zero-order valence-electron chi connectivity index (χ0n) is 5.70.